The number of hydrogen-bond acceptors (Lipinski definition) is 6. The van der Waals surface area contributed by atoms with E-state index in [-0.39, 0.29) is 0 Å². The predicted octanol–water partition coefficient (Wildman–Crippen LogP) is 2.78. The molecule has 28 heavy (non-hydrogen) atoms. The van der Waals surface area contributed by atoms with Gasteiger partial charge in [0, 0.05) is 11.8 Å². The van der Waals surface area contributed by atoms with E-state index in [4.69, 9.17) is 9.47 Å². The van der Waals surface area contributed by atoms with Crippen LogP contribution in [0.4, 0.5) is 0 Å². The van der Waals surface area contributed by atoms with Crippen LogP contribution >= 0.6 is 0 Å². The van der Waals surface area contributed by atoms with Crippen molar-refractivity contribution in [2.45, 2.75) is 20.1 Å². The van der Waals surface area contributed by atoms with Gasteiger partial charge in [0.2, 0.25) is 0 Å². The van der Waals surface area contributed by atoms with Gasteiger partial charge in [-0.15, -0.1) is 10.2 Å². The fourth-order valence-corrected chi connectivity index (χ4v) is 3.43. The molecule has 0 atom stereocenters. The summed E-state index contributed by atoms with van der Waals surface area (Å²) in [4.78, 5) is 8.58. The number of rotatable bonds is 4. The first kappa shape index (κ1) is 16.5. The van der Waals surface area contributed by atoms with Crippen molar-refractivity contribution in [1.29, 1.82) is 0 Å². The number of fused-ring (bicyclic) bond motifs is 5. The Hall–Kier alpha value is -3.68. The molecule has 0 aliphatic carbocycles. The van der Waals surface area contributed by atoms with Gasteiger partial charge in [-0.1, -0.05) is 0 Å². The molecule has 0 amide bonds. The molecule has 0 bridgehead atoms. The summed E-state index contributed by atoms with van der Waals surface area (Å²) in [5, 5.41) is 8.86. The van der Waals surface area contributed by atoms with E-state index in [0.717, 1.165) is 40.0 Å². The molecule has 3 aromatic heterocycles. The molecule has 1 aliphatic heterocycles. The van der Waals surface area contributed by atoms with Gasteiger partial charge in [0.05, 0.1) is 43.3 Å². The van der Waals surface area contributed by atoms with E-state index in [1.807, 2.05) is 43.6 Å². The largest absolute Gasteiger partial charge is 0.497 e. The fourth-order valence-electron chi connectivity index (χ4n) is 3.43. The number of hydrogen-bond donors (Lipinski definition) is 0. The number of ether oxygens (including phenoxy) is 2. The zero-order chi connectivity index (χ0) is 19.1. The van der Waals surface area contributed by atoms with Crippen LogP contribution in [-0.2, 0) is 13.2 Å². The van der Waals surface area contributed by atoms with Gasteiger partial charge in [-0.25, -0.2) is 4.98 Å². The Kier molecular flexibility index (Phi) is 3.82. The lowest BCUT2D eigenvalue weighted by atomic mass is 10.1. The highest BCUT2D eigenvalue weighted by molar-refractivity contribution is 5.71. The molecule has 140 valence electrons. The van der Waals surface area contributed by atoms with E-state index in [1.54, 1.807) is 19.5 Å². The second-order valence-corrected chi connectivity index (χ2v) is 6.53. The van der Waals surface area contributed by atoms with E-state index < -0.39 is 0 Å². The summed E-state index contributed by atoms with van der Waals surface area (Å²) in [5.74, 6) is 2.97. The van der Waals surface area contributed by atoms with E-state index in [1.165, 1.54) is 0 Å². The van der Waals surface area contributed by atoms with Crippen molar-refractivity contribution in [2.75, 3.05) is 7.11 Å². The topological polar surface area (TPSA) is 79.9 Å². The summed E-state index contributed by atoms with van der Waals surface area (Å²) in [6, 6.07) is 9.65. The minimum absolute atomic E-state index is 0.297. The maximum atomic E-state index is 5.86. The first-order valence-electron chi connectivity index (χ1n) is 8.91. The van der Waals surface area contributed by atoms with Gasteiger partial charge < -0.3 is 18.6 Å². The lowest BCUT2D eigenvalue weighted by Gasteiger charge is -2.10. The van der Waals surface area contributed by atoms with E-state index in [2.05, 4.69) is 29.3 Å². The summed E-state index contributed by atoms with van der Waals surface area (Å²) in [6.07, 6.45) is 5.24. The molecule has 1 aromatic carbocycles. The Labute approximate surface area is 161 Å². The highest BCUT2D eigenvalue weighted by atomic mass is 16.5. The molecule has 0 fully saturated rings. The average Bonchev–Trinajstić information content (AvgIpc) is 3.27. The summed E-state index contributed by atoms with van der Waals surface area (Å²) in [6.45, 7) is 2.91. The highest BCUT2D eigenvalue weighted by Crippen LogP contribution is 2.34. The zero-order valence-electron chi connectivity index (χ0n) is 15.5. The van der Waals surface area contributed by atoms with Crippen LogP contribution in [0.15, 0.2) is 49.1 Å². The molecule has 0 saturated heterocycles. The Morgan fingerprint density at radius 1 is 1.14 bits per heavy atom. The SMILES string of the molecule is COc1ccc2c(c1)-c1nnc(COc3cccnc3)n1Cc1c(C)ncn1-2. The van der Waals surface area contributed by atoms with Crippen molar-refractivity contribution in [3.05, 3.63) is 66.3 Å². The van der Waals surface area contributed by atoms with Crippen LogP contribution in [-0.4, -0.2) is 36.4 Å². The van der Waals surface area contributed by atoms with Crippen molar-refractivity contribution in [1.82, 2.24) is 29.3 Å². The van der Waals surface area contributed by atoms with Crippen LogP contribution in [0.3, 0.4) is 0 Å². The van der Waals surface area contributed by atoms with Crippen molar-refractivity contribution < 1.29 is 9.47 Å². The fraction of sp³-hybridized carbons (Fsp3) is 0.200. The van der Waals surface area contributed by atoms with Crippen LogP contribution in [0.5, 0.6) is 11.5 Å². The smallest absolute Gasteiger partial charge is 0.171 e. The summed E-state index contributed by atoms with van der Waals surface area (Å²) < 4.78 is 15.5. The van der Waals surface area contributed by atoms with E-state index >= 15 is 0 Å². The second kappa shape index (κ2) is 6.49. The van der Waals surface area contributed by atoms with Gasteiger partial charge in [0.15, 0.2) is 11.6 Å². The highest BCUT2D eigenvalue weighted by Gasteiger charge is 2.25. The Morgan fingerprint density at radius 2 is 2.07 bits per heavy atom. The number of pyridine rings is 1. The second-order valence-electron chi connectivity index (χ2n) is 6.53. The van der Waals surface area contributed by atoms with Gasteiger partial charge >= 0.3 is 0 Å². The van der Waals surface area contributed by atoms with Crippen molar-refractivity contribution >= 4 is 0 Å². The van der Waals surface area contributed by atoms with Crippen molar-refractivity contribution in [3.8, 4) is 28.6 Å². The van der Waals surface area contributed by atoms with Crippen molar-refractivity contribution in [2.24, 2.45) is 0 Å². The first-order chi connectivity index (χ1) is 13.7. The zero-order valence-corrected chi connectivity index (χ0v) is 15.5. The normalized spacial score (nSPS) is 11.9. The molecular formula is C20H18N6O2. The average molecular weight is 374 g/mol. The molecule has 0 unspecified atom stereocenters. The van der Waals surface area contributed by atoms with Crippen molar-refractivity contribution in [3.63, 3.8) is 0 Å². The summed E-state index contributed by atoms with van der Waals surface area (Å²) >= 11 is 0. The molecule has 0 spiro atoms. The molecular weight excluding hydrogens is 356 g/mol. The summed E-state index contributed by atoms with van der Waals surface area (Å²) in [5.41, 5.74) is 4.01. The first-order valence-corrected chi connectivity index (χ1v) is 8.91. The molecule has 8 heteroatoms. The molecule has 8 nitrogen and oxygen atoms in total. The lowest BCUT2D eigenvalue weighted by molar-refractivity contribution is 0.289. The Morgan fingerprint density at radius 3 is 2.89 bits per heavy atom. The minimum atomic E-state index is 0.297. The number of methoxy groups -OCH3 is 1. The molecule has 4 aromatic rings. The molecule has 5 rings (SSSR count). The number of aryl methyl sites for hydroxylation is 1. The molecule has 1 aliphatic rings. The van der Waals surface area contributed by atoms with Crippen LogP contribution in [0.2, 0.25) is 0 Å². The summed E-state index contributed by atoms with van der Waals surface area (Å²) in [7, 11) is 1.66. The molecule has 0 N–H and O–H groups in total. The molecule has 0 radical (unpaired) electrons. The van der Waals surface area contributed by atoms with Crippen LogP contribution in [0.25, 0.3) is 17.1 Å². The van der Waals surface area contributed by atoms with Gasteiger partial charge in [0.1, 0.15) is 18.1 Å². The van der Waals surface area contributed by atoms with Gasteiger partial charge in [-0.3, -0.25) is 4.98 Å². The lowest BCUT2D eigenvalue weighted by Crippen LogP contribution is -2.10. The number of imidazole rings is 1. The maximum Gasteiger partial charge on any atom is 0.171 e. The third kappa shape index (κ3) is 2.61. The van der Waals surface area contributed by atoms with Crippen LogP contribution in [0, 0.1) is 6.92 Å². The predicted molar refractivity (Wildman–Crippen MR) is 102 cm³/mol. The van der Waals surface area contributed by atoms with Gasteiger partial charge in [-0.2, -0.15) is 0 Å². The van der Waals surface area contributed by atoms with Crippen LogP contribution in [0.1, 0.15) is 17.2 Å². The third-order valence-corrected chi connectivity index (χ3v) is 4.92. The monoisotopic (exact) mass is 374 g/mol. The Bertz CT molecular complexity index is 1150. The number of nitrogens with zero attached hydrogens (tertiary/aromatic N) is 6. The minimum Gasteiger partial charge on any atom is -0.497 e. The third-order valence-electron chi connectivity index (χ3n) is 4.92. The standard InChI is InChI=1S/C20H18N6O2/c1-13-18-10-25-19(11-28-15-4-3-7-21-9-15)23-24-20(25)16-8-14(27-2)5-6-17(16)26(18)12-22-13/h3-9,12H,10-11H2,1-2H3. The van der Waals surface area contributed by atoms with Crippen LogP contribution < -0.4 is 9.47 Å². The molecule has 0 saturated carbocycles. The van der Waals surface area contributed by atoms with E-state index in [0.29, 0.717) is 18.9 Å². The van der Waals surface area contributed by atoms with E-state index in [9.17, 15) is 0 Å². The van der Waals surface area contributed by atoms with Gasteiger partial charge in [-0.05, 0) is 37.3 Å². The quantitative estimate of drug-likeness (QED) is 0.481. The maximum absolute atomic E-state index is 5.86. The van der Waals surface area contributed by atoms with Gasteiger partial charge in [0.25, 0.3) is 0 Å². The molecule has 4 heterocycles. The number of benzene rings is 1. The Balaban J connectivity index is 1.61. The number of aromatic nitrogens is 6.